The number of imidazole rings is 1. The second-order valence-corrected chi connectivity index (χ2v) is 5.72. The van der Waals surface area contributed by atoms with Gasteiger partial charge in [-0.25, -0.2) is 4.57 Å². The summed E-state index contributed by atoms with van der Waals surface area (Å²) < 4.78 is 2.19. The van der Waals surface area contributed by atoms with Crippen LogP contribution in [0.15, 0.2) is 33.3 Å². The molecule has 0 saturated carbocycles. The lowest BCUT2D eigenvalue weighted by molar-refractivity contribution is -0.392. The fourth-order valence-corrected chi connectivity index (χ4v) is 2.79. The van der Waals surface area contributed by atoms with Crippen LogP contribution in [0.1, 0.15) is 16.2 Å². The number of Topliss-reactive ketones (excluding diaryl/α,β-unsaturated/α-hetero) is 1. The number of carbonyl (C=O) groups is 1. The maximum absolute atomic E-state index is 12.2. The van der Waals surface area contributed by atoms with Crippen molar-refractivity contribution in [1.82, 2.24) is 9.55 Å². The van der Waals surface area contributed by atoms with Crippen molar-refractivity contribution in [3.05, 3.63) is 54.8 Å². The zero-order valence-electron chi connectivity index (χ0n) is 10.3. The molecule has 6 nitrogen and oxygen atoms in total. The van der Waals surface area contributed by atoms with Crippen LogP contribution in [0.2, 0.25) is 0 Å². The SMILES string of the molecule is Cc1nc(Br)c([N+](=O)[O-])n1CC(=O)c1cccc(Br)c1. The number of aryl methyl sites for hydroxylation is 1. The molecular formula is C12H9Br2N3O3. The van der Waals surface area contributed by atoms with Crippen molar-refractivity contribution in [2.24, 2.45) is 0 Å². The van der Waals surface area contributed by atoms with Crippen LogP contribution in [0.5, 0.6) is 0 Å². The third kappa shape index (κ3) is 2.96. The molecule has 0 saturated heterocycles. The predicted octanol–water partition coefficient (Wildman–Crippen LogP) is 3.51. The standard InChI is InChI=1S/C12H9Br2N3O3/c1-7-15-11(14)12(17(19)20)16(7)6-10(18)8-3-2-4-9(13)5-8/h2-5H,6H2,1H3. The van der Waals surface area contributed by atoms with Gasteiger partial charge in [-0.15, -0.1) is 0 Å². The number of hydrogen-bond donors (Lipinski definition) is 0. The molecule has 0 aliphatic heterocycles. The lowest BCUT2D eigenvalue weighted by Gasteiger charge is -2.03. The first-order chi connectivity index (χ1) is 9.40. The molecule has 0 atom stereocenters. The van der Waals surface area contributed by atoms with Crippen molar-refractivity contribution in [2.75, 3.05) is 0 Å². The Morgan fingerprint density at radius 1 is 1.45 bits per heavy atom. The highest BCUT2D eigenvalue weighted by Gasteiger charge is 2.25. The molecule has 0 unspecified atom stereocenters. The van der Waals surface area contributed by atoms with E-state index in [-0.39, 0.29) is 22.7 Å². The van der Waals surface area contributed by atoms with E-state index in [4.69, 9.17) is 0 Å². The number of hydrogen-bond acceptors (Lipinski definition) is 4. The molecule has 0 amide bonds. The molecule has 104 valence electrons. The molecule has 2 aromatic rings. The van der Waals surface area contributed by atoms with E-state index in [0.29, 0.717) is 11.4 Å². The molecule has 0 spiro atoms. The average molecular weight is 403 g/mol. The van der Waals surface area contributed by atoms with E-state index in [2.05, 4.69) is 36.8 Å². The zero-order valence-corrected chi connectivity index (χ0v) is 13.5. The van der Waals surface area contributed by atoms with Crippen LogP contribution < -0.4 is 0 Å². The fourth-order valence-electron chi connectivity index (χ4n) is 1.78. The number of carbonyl (C=O) groups excluding carboxylic acids is 1. The van der Waals surface area contributed by atoms with Crippen LogP contribution >= 0.6 is 31.9 Å². The molecular weight excluding hydrogens is 394 g/mol. The summed E-state index contributed by atoms with van der Waals surface area (Å²) in [4.78, 5) is 26.6. The highest BCUT2D eigenvalue weighted by molar-refractivity contribution is 9.10. The maximum atomic E-state index is 12.2. The third-order valence-corrected chi connectivity index (χ3v) is 3.74. The third-order valence-electron chi connectivity index (χ3n) is 2.71. The van der Waals surface area contributed by atoms with Crippen molar-refractivity contribution >= 4 is 43.5 Å². The van der Waals surface area contributed by atoms with Crippen molar-refractivity contribution < 1.29 is 9.72 Å². The number of halogens is 2. The number of benzene rings is 1. The Labute approximate surface area is 131 Å². The molecule has 1 aromatic carbocycles. The van der Waals surface area contributed by atoms with Gasteiger partial charge in [0.1, 0.15) is 0 Å². The summed E-state index contributed by atoms with van der Waals surface area (Å²) in [6.07, 6.45) is 0. The molecule has 20 heavy (non-hydrogen) atoms. The normalized spacial score (nSPS) is 10.6. The van der Waals surface area contributed by atoms with Crippen LogP contribution in [0.4, 0.5) is 5.82 Å². The summed E-state index contributed by atoms with van der Waals surface area (Å²) in [5.41, 5.74) is 0.484. The quantitative estimate of drug-likeness (QED) is 0.445. The Morgan fingerprint density at radius 2 is 2.15 bits per heavy atom. The van der Waals surface area contributed by atoms with E-state index in [0.717, 1.165) is 4.47 Å². The second kappa shape index (κ2) is 5.84. The fraction of sp³-hybridized carbons (Fsp3) is 0.167. The molecule has 0 radical (unpaired) electrons. The van der Waals surface area contributed by atoms with Gasteiger partial charge >= 0.3 is 5.82 Å². The largest absolute Gasteiger partial charge is 0.358 e. The van der Waals surface area contributed by atoms with Gasteiger partial charge in [-0.1, -0.05) is 28.1 Å². The van der Waals surface area contributed by atoms with Crippen LogP contribution in [0, 0.1) is 17.0 Å². The van der Waals surface area contributed by atoms with Crippen LogP contribution in [0.3, 0.4) is 0 Å². The number of ketones is 1. The monoisotopic (exact) mass is 401 g/mol. The maximum Gasteiger partial charge on any atom is 0.357 e. The summed E-state index contributed by atoms with van der Waals surface area (Å²) in [5, 5.41) is 11.0. The van der Waals surface area contributed by atoms with Gasteiger partial charge in [-0.2, -0.15) is 4.98 Å². The molecule has 0 N–H and O–H groups in total. The van der Waals surface area contributed by atoms with Gasteiger partial charge in [0.2, 0.25) is 10.4 Å². The molecule has 1 heterocycles. The summed E-state index contributed by atoms with van der Waals surface area (Å²) in [7, 11) is 0. The van der Waals surface area contributed by atoms with E-state index in [1.165, 1.54) is 4.57 Å². The van der Waals surface area contributed by atoms with Crippen molar-refractivity contribution in [2.45, 2.75) is 13.5 Å². The lowest BCUT2D eigenvalue weighted by atomic mass is 10.1. The second-order valence-electron chi connectivity index (χ2n) is 4.05. The average Bonchev–Trinajstić information content (AvgIpc) is 2.64. The minimum Gasteiger partial charge on any atom is -0.358 e. The number of nitro groups is 1. The number of aromatic nitrogens is 2. The van der Waals surface area contributed by atoms with Gasteiger partial charge in [0.05, 0.1) is 0 Å². The Bertz CT molecular complexity index is 697. The number of nitrogens with zero attached hydrogens (tertiary/aromatic N) is 3. The molecule has 8 heteroatoms. The summed E-state index contributed by atoms with van der Waals surface area (Å²) in [5.74, 6) is -0.0276. The Balaban J connectivity index is 2.35. The van der Waals surface area contributed by atoms with Gasteiger partial charge in [-0.05, 0) is 33.0 Å². The number of rotatable bonds is 4. The van der Waals surface area contributed by atoms with E-state index in [9.17, 15) is 14.9 Å². The Hall–Kier alpha value is -1.54. The first-order valence-electron chi connectivity index (χ1n) is 5.56. The zero-order chi connectivity index (χ0) is 14.9. The summed E-state index contributed by atoms with van der Waals surface area (Å²) in [6.45, 7) is 1.49. The Morgan fingerprint density at radius 3 is 2.75 bits per heavy atom. The molecule has 2 rings (SSSR count). The van der Waals surface area contributed by atoms with Crippen molar-refractivity contribution in [3.63, 3.8) is 0 Å². The minimum atomic E-state index is -0.557. The van der Waals surface area contributed by atoms with E-state index >= 15 is 0 Å². The van der Waals surface area contributed by atoms with Crippen LogP contribution in [0.25, 0.3) is 0 Å². The van der Waals surface area contributed by atoms with Gasteiger partial charge in [0.25, 0.3) is 0 Å². The molecule has 0 bridgehead atoms. The topological polar surface area (TPSA) is 78.0 Å². The van der Waals surface area contributed by atoms with Crippen LogP contribution in [-0.2, 0) is 6.54 Å². The molecule has 1 aromatic heterocycles. The lowest BCUT2D eigenvalue weighted by Crippen LogP contribution is -2.13. The minimum absolute atomic E-state index is 0.127. The highest BCUT2D eigenvalue weighted by atomic mass is 79.9. The van der Waals surface area contributed by atoms with Gasteiger partial charge in [0, 0.05) is 17.0 Å². The summed E-state index contributed by atoms with van der Waals surface area (Å²) >= 11 is 6.32. The van der Waals surface area contributed by atoms with E-state index in [1.54, 1.807) is 31.2 Å². The van der Waals surface area contributed by atoms with E-state index in [1.807, 2.05) is 0 Å². The van der Waals surface area contributed by atoms with E-state index < -0.39 is 4.92 Å². The first kappa shape index (κ1) is 14.9. The smallest absolute Gasteiger partial charge is 0.357 e. The predicted molar refractivity (Wildman–Crippen MR) is 79.8 cm³/mol. The first-order valence-corrected chi connectivity index (χ1v) is 7.14. The molecule has 0 aliphatic rings. The highest BCUT2D eigenvalue weighted by Crippen LogP contribution is 2.26. The van der Waals surface area contributed by atoms with Crippen LogP contribution in [-0.4, -0.2) is 20.3 Å². The van der Waals surface area contributed by atoms with Crippen molar-refractivity contribution in [1.29, 1.82) is 0 Å². The van der Waals surface area contributed by atoms with Crippen molar-refractivity contribution in [3.8, 4) is 0 Å². The Kier molecular flexibility index (Phi) is 4.34. The van der Waals surface area contributed by atoms with Gasteiger partial charge in [0.15, 0.2) is 12.4 Å². The summed E-state index contributed by atoms with van der Waals surface area (Å²) in [6, 6.07) is 6.89. The van der Waals surface area contributed by atoms with Gasteiger partial charge in [-0.3, -0.25) is 4.79 Å². The molecule has 0 fully saturated rings. The molecule has 0 aliphatic carbocycles. The van der Waals surface area contributed by atoms with Gasteiger partial charge < -0.3 is 10.1 Å².